The van der Waals surface area contributed by atoms with Crippen LogP contribution in [0.3, 0.4) is 0 Å². The second-order valence-electron chi connectivity index (χ2n) is 4.85. The normalized spacial score (nSPS) is 12.4. The van der Waals surface area contributed by atoms with Gasteiger partial charge in [0.15, 0.2) is 0 Å². The van der Waals surface area contributed by atoms with Crippen molar-refractivity contribution in [3.63, 3.8) is 0 Å². The molecule has 0 aromatic heterocycles. The van der Waals surface area contributed by atoms with E-state index >= 15 is 0 Å². The maximum absolute atomic E-state index is 13.2. The van der Waals surface area contributed by atoms with Crippen molar-refractivity contribution in [2.24, 2.45) is 5.84 Å². The van der Waals surface area contributed by atoms with Gasteiger partial charge in [0.25, 0.3) is 0 Å². The number of aryl methyl sites for hydroxylation is 2. The van der Waals surface area contributed by atoms with E-state index in [1.54, 1.807) is 6.07 Å². The number of hydrogen-bond acceptors (Lipinski definition) is 2. The van der Waals surface area contributed by atoms with Crippen molar-refractivity contribution < 1.29 is 4.39 Å². The first kappa shape index (κ1) is 13.7. The molecule has 0 heterocycles. The van der Waals surface area contributed by atoms with E-state index in [4.69, 9.17) is 5.84 Å². The van der Waals surface area contributed by atoms with E-state index < -0.39 is 0 Å². The molecule has 2 aromatic rings. The molecule has 0 amide bonds. The van der Waals surface area contributed by atoms with E-state index in [1.807, 2.05) is 19.1 Å². The zero-order chi connectivity index (χ0) is 13.8. The van der Waals surface area contributed by atoms with E-state index in [0.717, 1.165) is 17.5 Å². The van der Waals surface area contributed by atoms with Gasteiger partial charge in [-0.2, -0.15) is 0 Å². The molecular weight excluding hydrogens is 239 g/mol. The third-order valence-corrected chi connectivity index (χ3v) is 3.49. The summed E-state index contributed by atoms with van der Waals surface area (Å²) in [5, 5.41) is 0. The van der Waals surface area contributed by atoms with Crippen LogP contribution in [0.4, 0.5) is 4.39 Å². The topological polar surface area (TPSA) is 38.0 Å². The van der Waals surface area contributed by atoms with Gasteiger partial charge in [0.2, 0.25) is 0 Å². The Labute approximate surface area is 113 Å². The first-order chi connectivity index (χ1) is 9.11. The standard InChI is InChI=1S/C16H19FN2/c1-11-5-3-4-6-13(11)10-16(19-18)15-8-7-14(17)9-12(15)2/h3-9,16,19H,10,18H2,1-2H3. The van der Waals surface area contributed by atoms with Gasteiger partial charge in [-0.3, -0.25) is 11.3 Å². The monoisotopic (exact) mass is 258 g/mol. The van der Waals surface area contributed by atoms with Gasteiger partial charge in [0.05, 0.1) is 6.04 Å². The number of rotatable bonds is 4. The number of hydrazine groups is 1. The molecule has 1 atom stereocenters. The lowest BCUT2D eigenvalue weighted by Crippen LogP contribution is -2.30. The molecule has 0 fully saturated rings. The highest BCUT2D eigenvalue weighted by atomic mass is 19.1. The van der Waals surface area contributed by atoms with Crippen LogP contribution >= 0.6 is 0 Å². The zero-order valence-corrected chi connectivity index (χ0v) is 11.3. The van der Waals surface area contributed by atoms with Crippen LogP contribution in [0, 0.1) is 19.7 Å². The molecule has 3 N–H and O–H groups in total. The minimum absolute atomic E-state index is 0.0123. The summed E-state index contributed by atoms with van der Waals surface area (Å²) in [6, 6.07) is 13.0. The highest BCUT2D eigenvalue weighted by Crippen LogP contribution is 2.23. The van der Waals surface area contributed by atoms with Crippen LogP contribution in [0.25, 0.3) is 0 Å². The Morgan fingerprint density at radius 2 is 1.84 bits per heavy atom. The van der Waals surface area contributed by atoms with Crippen molar-refractivity contribution >= 4 is 0 Å². The lowest BCUT2D eigenvalue weighted by Gasteiger charge is -2.19. The molecule has 19 heavy (non-hydrogen) atoms. The van der Waals surface area contributed by atoms with Crippen molar-refractivity contribution in [3.8, 4) is 0 Å². The number of nitrogens with one attached hydrogen (secondary N) is 1. The minimum atomic E-state index is -0.215. The van der Waals surface area contributed by atoms with Crippen molar-refractivity contribution in [1.82, 2.24) is 5.43 Å². The van der Waals surface area contributed by atoms with Crippen LogP contribution in [-0.2, 0) is 6.42 Å². The summed E-state index contributed by atoms with van der Waals surface area (Å²) in [6.45, 7) is 3.99. The summed E-state index contributed by atoms with van der Waals surface area (Å²) in [6.07, 6.45) is 0.787. The van der Waals surface area contributed by atoms with Gasteiger partial charge in [-0.05, 0) is 54.7 Å². The smallest absolute Gasteiger partial charge is 0.123 e. The summed E-state index contributed by atoms with van der Waals surface area (Å²) in [5.74, 6) is 5.45. The van der Waals surface area contributed by atoms with Crippen molar-refractivity contribution in [2.75, 3.05) is 0 Å². The fourth-order valence-electron chi connectivity index (χ4n) is 2.35. The summed E-state index contributed by atoms with van der Waals surface area (Å²) < 4.78 is 13.2. The molecule has 0 spiro atoms. The van der Waals surface area contributed by atoms with Gasteiger partial charge in [0.1, 0.15) is 5.82 Å². The van der Waals surface area contributed by atoms with Gasteiger partial charge in [-0.1, -0.05) is 30.3 Å². The molecule has 100 valence electrons. The van der Waals surface area contributed by atoms with E-state index in [1.165, 1.54) is 23.3 Å². The summed E-state index contributed by atoms with van der Waals surface area (Å²) in [4.78, 5) is 0. The van der Waals surface area contributed by atoms with Gasteiger partial charge in [0, 0.05) is 0 Å². The second kappa shape index (κ2) is 5.95. The lowest BCUT2D eigenvalue weighted by molar-refractivity contribution is 0.545. The molecular formula is C16H19FN2. The second-order valence-corrected chi connectivity index (χ2v) is 4.85. The molecule has 0 aliphatic heterocycles. The average Bonchev–Trinajstić information content (AvgIpc) is 2.39. The highest BCUT2D eigenvalue weighted by Gasteiger charge is 2.14. The molecule has 2 nitrogen and oxygen atoms in total. The number of halogens is 1. The zero-order valence-electron chi connectivity index (χ0n) is 11.3. The molecule has 0 radical (unpaired) electrons. The van der Waals surface area contributed by atoms with E-state index in [0.29, 0.717) is 0 Å². The number of nitrogens with two attached hydrogens (primary N) is 1. The molecule has 2 rings (SSSR count). The van der Waals surface area contributed by atoms with E-state index in [2.05, 4.69) is 24.5 Å². The molecule has 0 aliphatic carbocycles. The van der Waals surface area contributed by atoms with Gasteiger partial charge < -0.3 is 0 Å². The molecule has 0 aliphatic rings. The van der Waals surface area contributed by atoms with Crippen LogP contribution in [0.1, 0.15) is 28.3 Å². The molecule has 1 unspecified atom stereocenters. The Hall–Kier alpha value is -1.71. The molecule has 3 heteroatoms. The average molecular weight is 258 g/mol. The third-order valence-electron chi connectivity index (χ3n) is 3.49. The van der Waals surface area contributed by atoms with Crippen molar-refractivity contribution in [2.45, 2.75) is 26.3 Å². The summed E-state index contributed by atoms with van der Waals surface area (Å²) >= 11 is 0. The number of benzene rings is 2. The van der Waals surface area contributed by atoms with Crippen LogP contribution in [-0.4, -0.2) is 0 Å². The molecule has 2 aromatic carbocycles. The Bertz CT molecular complexity index is 566. The van der Waals surface area contributed by atoms with Crippen LogP contribution in [0.15, 0.2) is 42.5 Å². The number of hydrogen-bond donors (Lipinski definition) is 2. The fourth-order valence-corrected chi connectivity index (χ4v) is 2.35. The Balaban J connectivity index is 2.28. The quantitative estimate of drug-likeness (QED) is 0.653. The molecule has 0 saturated heterocycles. The lowest BCUT2D eigenvalue weighted by atomic mass is 9.94. The highest BCUT2D eigenvalue weighted by molar-refractivity contribution is 5.33. The van der Waals surface area contributed by atoms with Gasteiger partial charge in [-0.25, -0.2) is 4.39 Å². The minimum Gasteiger partial charge on any atom is -0.271 e. The Morgan fingerprint density at radius 3 is 2.47 bits per heavy atom. The SMILES string of the molecule is Cc1ccccc1CC(NN)c1ccc(F)cc1C. The Morgan fingerprint density at radius 1 is 1.11 bits per heavy atom. The van der Waals surface area contributed by atoms with Crippen LogP contribution in [0.2, 0.25) is 0 Å². The van der Waals surface area contributed by atoms with Crippen LogP contribution in [0.5, 0.6) is 0 Å². The molecule has 0 bridgehead atoms. The maximum atomic E-state index is 13.2. The van der Waals surface area contributed by atoms with Crippen LogP contribution < -0.4 is 11.3 Å². The maximum Gasteiger partial charge on any atom is 0.123 e. The Kier molecular flexibility index (Phi) is 4.30. The first-order valence-corrected chi connectivity index (χ1v) is 6.38. The molecule has 0 saturated carbocycles. The van der Waals surface area contributed by atoms with Crippen molar-refractivity contribution in [1.29, 1.82) is 0 Å². The van der Waals surface area contributed by atoms with E-state index in [-0.39, 0.29) is 11.9 Å². The van der Waals surface area contributed by atoms with Crippen molar-refractivity contribution in [3.05, 3.63) is 70.5 Å². The van der Waals surface area contributed by atoms with Gasteiger partial charge in [-0.15, -0.1) is 0 Å². The summed E-state index contributed by atoms with van der Waals surface area (Å²) in [5.41, 5.74) is 7.26. The van der Waals surface area contributed by atoms with E-state index in [9.17, 15) is 4.39 Å². The predicted octanol–water partition coefficient (Wildman–Crippen LogP) is 3.19. The largest absolute Gasteiger partial charge is 0.271 e. The third kappa shape index (κ3) is 3.19. The predicted molar refractivity (Wildman–Crippen MR) is 76.1 cm³/mol. The summed E-state index contributed by atoms with van der Waals surface area (Å²) in [7, 11) is 0. The first-order valence-electron chi connectivity index (χ1n) is 6.38. The fraction of sp³-hybridized carbons (Fsp3) is 0.250. The van der Waals surface area contributed by atoms with Gasteiger partial charge >= 0.3 is 0 Å².